The monoisotopic (exact) mass is 177 g/mol. The molecule has 0 unspecified atom stereocenters. The van der Waals surface area contributed by atoms with Gasteiger partial charge in [0.15, 0.2) is 5.72 Å². The van der Waals surface area contributed by atoms with Crippen LogP contribution in [0.3, 0.4) is 0 Å². The molecular weight excluding hydrogens is 162 g/mol. The van der Waals surface area contributed by atoms with Gasteiger partial charge in [-0.1, -0.05) is 25.1 Å². The van der Waals surface area contributed by atoms with E-state index in [0.717, 1.165) is 25.1 Å². The van der Waals surface area contributed by atoms with Crippen molar-refractivity contribution >= 4 is 0 Å². The number of para-hydroxylation sites is 1. The molecule has 1 aromatic carbocycles. The largest absolute Gasteiger partial charge is 0.473 e. The van der Waals surface area contributed by atoms with Crippen LogP contribution in [0, 0.1) is 0 Å². The van der Waals surface area contributed by atoms with Gasteiger partial charge in [0.2, 0.25) is 0 Å². The van der Waals surface area contributed by atoms with E-state index in [1.165, 1.54) is 0 Å². The van der Waals surface area contributed by atoms with Gasteiger partial charge in [0, 0.05) is 12.8 Å². The highest BCUT2D eigenvalue weighted by Crippen LogP contribution is 2.37. The van der Waals surface area contributed by atoms with Crippen LogP contribution in [0.1, 0.15) is 19.8 Å². The summed E-state index contributed by atoms with van der Waals surface area (Å²) in [5, 5.41) is 3.36. The maximum absolute atomic E-state index is 5.84. The highest BCUT2D eigenvalue weighted by atomic mass is 16.5. The first-order valence-electron chi connectivity index (χ1n) is 4.84. The molecule has 0 amide bonds. The number of ether oxygens (including phenoxy) is 1. The molecule has 2 nitrogen and oxygen atoms in total. The number of benzene rings is 1. The Morgan fingerprint density at radius 1 is 1.31 bits per heavy atom. The smallest absolute Gasteiger partial charge is 0.161 e. The first kappa shape index (κ1) is 8.57. The van der Waals surface area contributed by atoms with E-state index in [0.29, 0.717) is 0 Å². The molecular formula is C11H15NO. The van der Waals surface area contributed by atoms with Crippen LogP contribution in [0.2, 0.25) is 0 Å². The van der Waals surface area contributed by atoms with Crippen LogP contribution >= 0.6 is 0 Å². The van der Waals surface area contributed by atoms with E-state index in [-0.39, 0.29) is 5.72 Å². The fraction of sp³-hybridized carbons (Fsp3) is 0.455. The zero-order chi connectivity index (χ0) is 9.15. The summed E-state index contributed by atoms with van der Waals surface area (Å²) in [4.78, 5) is 0. The molecule has 1 aliphatic rings. The van der Waals surface area contributed by atoms with E-state index < -0.39 is 0 Å². The lowest BCUT2D eigenvalue weighted by Gasteiger charge is -2.18. The Hall–Kier alpha value is -1.02. The van der Waals surface area contributed by atoms with Gasteiger partial charge in [-0.25, -0.2) is 0 Å². The second-order valence-electron chi connectivity index (χ2n) is 3.44. The summed E-state index contributed by atoms with van der Waals surface area (Å²) in [6.45, 7) is 3.07. The van der Waals surface area contributed by atoms with Crippen LogP contribution in [0.4, 0.5) is 0 Å². The molecule has 2 rings (SSSR count). The van der Waals surface area contributed by atoms with E-state index >= 15 is 0 Å². The second-order valence-corrected chi connectivity index (χ2v) is 3.44. The lowest BCUT2D eigenvalue weighted by Crippen LogP contribution is -2.36. The van der Waals surface area contributed by atoms with Crippen molar-refractivity contribution in [3.05, 3.63) is 30.3 Å². The predicted molar refractivity (Wildman–Crippen MR) is 52.7 cm³/mol. The van der Waals surface area contributed by atoms with Gasteiger partial charge in [0.1, 0.15) is 5.75 Å². The van der Waals surface area contributed by atoms with Crippen molar-refractivity contribution in [1.29, 1.82) is 0 Å². The Bertz CT molecular complexity index is 267. The van der Waals surface area contributed by atoms with Gasteiger partial charge >= 0.3 is 0 Å². The lowest BCUT2D eigenvalue weighted by molar-refractivity contribution is 0.142. The minimum atomic E-state index is -0.0455. The molecule has 0 heterocycles. The topological polar surface area (TPSA) is 21.3 Å². The average molecular weight is 177 g/mol. The Morgan fingerprint density at radius 2 is 2.00 bits per heavy atom. The molecule has 1 fully saturated rings. The molecule has 1 N–H and O–H groups in total. The summed E-state index contributed by atoms with van der Waals surface area (Å²) in [6, 6.07) is 9.99. The molecule has 13 heavy (non-hydrogen) atoms. The van der Waals surface area contributed by atoms with E-state index in [4.69, 9.17) is 4.74 Å². The zero-order valence-corrected chi connectivity index (χ0v) is 7.92. The quantitative estimate of drug-likeness (QED) is 0.712. The van der Waals surface area contributed by atoms with Gasteiger partial charge in [0.25, 0.3) is 0 Å². The summed E-state index contributed by atoms with van der Waals surface area (Å²) < 4.78 is 5.84. The number of hydrogen-bond donors (Lipinski definition) is 1. The summed E-state index contributed by atoms with van der Waals surface area (Å²) in [7, 11) is 0. The fourth-order valence-electron chi connectivity index (χ4n) is 1.46. The molecule has 70 valence electrons. The Kier molecular flexibility index (Phi) is 2.23. The summed E-state index contributed by atoms with van der Waals surface area (Å²) in [6.07, 6.45) is 2.24. The first-order chi connectivity index (χ1) is 6.35. The maximum Gasteiger partial charge on any atom is 0.161 e. The van der Waals surface area contributed by atoms with Crippen molar-refractivity contribution < 1.29 is 4.74 Å². The van der Waals surface area contributed by atoms with Crippen LogP contribution in [-0.4, -0.2) is 12.3 Å². The lowest BCUT2D eigenvalue weighted by atomic mass is 10.3. The van der Waals surface area contributed by atoms with Crippen molar-refractivity contribution in [3.63, 3.8) is 0 Å². The van der Waals surface area contributed by atoms with E-state index in [2.05, 4.69) is 12.2 Å². The summed E-state index contributed by atoms with van der Waals surface area (Å²) in [5.41, 5.74) is -0.0455. The van der Waals surface area contributed by atoms with Crippen LogP contribution in [0.15, 0.2) is 30.3 Å². The standard InChI is InChI=1S/C11H15NO/c1-2-12-11(8-9-11)13-10-6-4-3-5-7-10/h3-7,12H,2,8-9H2,1H3. The molecule has 2 heteroatoms. The Balaban J connectivity index is 1.98. The normalized spacial score (nSPS) is 18.2. The maximum atomic E-state index is 5.84. The van der Waals surface area contributed by atoms with Crippen molar-refractivity contribution in [3.8, 4) is 5.75 Å². The molecule has 0 aliphatic heterocycles. The molecule has 0 spiro atoms. The average Bonchev–Trinajstić information content (AvgIpc) is 2.87. The summed E-state index contributed by atoms with van der Waals surface area (Å²) in [5.74, 6) is 0.959. The van der Waals surface area contributed by atoms with Crippen LogP contribution in [0.25, 0.3) is 0 Å². The molecule has 0 aromatic heterocycles. The molecule has 0 radical (unpaired) electrons. The van der Waals surface area contributed by atoms with Crippen molar-refractivity contribution in [2.45, 2.75) is 25.5 Å². The second kappa shape index (κ2) is 3.38. The van der Waals surface area contributed by atoms with Gasteiger partial charge in [0.05, 0.1) is 0 Å². The van der Waals surface area contributed by atoms with Gasteiger partial charge in [-0.05, 0) is 18.7 Å². The van der Waals surface area contributed by atoms with Crippen LogP contribution in [0.5, 0.6) is 5.75 Å². The van der Waals surface area contributed by atoms with Crippen molar-refractivity contribution in [2.24, 2.45) is 0 Å². The van der Waals surface area contributed by atoms with Gasteiger partial charge in [-0.15, -0.1) is 0 Å². The minimum Gasteiger partial charge on any atom is -0.473 e. The van der Waals surface area contributed by atoms with E-state index in [1.54, 1.807) is 0 Å². The third kappa shape index (κ3) is 2.01. The third-order valence-electron chi connectivity index (χ3n) is 2.26. The Labute approximate surface area is 78.9 Å². The molecule has 0 saturated heterocycles. The number of hydrogen-bond acceptors (Lipinski definition) is 2. The van der Waals surface area contributed by atoms with Crippen molar-refractivity contribution in [1.82, 2.24) is 5.32 Å². The molecule has 0 bridgehead atoms. The zero-order valence-electron chi connectivity index (χ0n) is 7.92. The fourth-order valence-corrected chi connectivity index (χ4v) is 1.46. The molecule has 1 aliphatic carbocycles. The van der Waals surface area contributed by atoms with E-state index in [1.807, 2.05) is 30.3 Å². The van der Waals surface area contributed by atoms with Gasteiger partial charge in [-0.2, -0.15) is 0 Å². The highest BCUT2D eigenvalue weighted by molar-refractivity contribution is 5.23. The highest BCUT2D eigenvalue weighted by Gasteiger charge is 2.44. The van der Waals surface area contributed by atoms with Crippen LogP contribution in [-0.2, 0) is 0 Å². The third-order valence-corrected chi connectivity index (χ3v) is 2.26. The number of nitrogens with one attached hydrogen (secondary N) is 1. The molecule has 1 saturated carbocycles. The SMILES string of the molecule is CCNC1(Oc2ccccc2)CC1. The van der Waals surface area contributed by atoms with Crippen LogP contribution < -0.4 is 10.1 Å². The predicted octanol–water partition coefficient (Wildman–Crippen LogP) is 2.17. The molecule has 0 atom stereocenters. The summed E-state index contributed by atoms with van der Waals surface area (Å²) >= 11 is 0. The number of rotatable bonds is 4. The van der Waals surface area contributed by atoms with E-state index in [9.17, 15) is 0 Å². The Morgan fingerprint density at radius 3 is 2.54 bits per heavy atom. The van der Waals surface area contributed by atoms with Gasteiger partial charge in [-0.3, -0.25) is 5.32 Å². The minimum absolute atomic E-state index is 0.0455. The molecule has 1 aromatic rings. The van der Waals surface area contributed by atoms with Crippen molar-refractivity contribution in [2.75, 3.05) is 6.54 Å². The first-order valence-corrected chi connectivity index (χ1v) is 4.84. The van der Waals surface area contributed by atoms with Gasteiger partial charge < -0.3 is 4.74 Å².